The Morgan fingerprint density at radius 3 is 2.50 bits per heavy atom. The van der Waals surface area contributed by atoms with Gasteiger partial charge in [0.25, 0.3) is 0 Å². The summed E-state index contributed by atoms with van der Waals surface area (Å²) in [4.78, 5) is 0. The number of aryl methyl sites for hydroxylation is 1. The number of hydrogen-bond acceptors (Lipinski definition) is 1. The molecule has 12 heavy (non-hydrogen) atoms. The van der Waals surface area contributed by atoms with Crippen LogP contribution < -0.4 is 5.30 Å². The molecule has 1 rings (SSSR count). The Labute approximate surface area is 98.4 Å². The first-order valence-electron chi connectivity index (χ1n) is 3.72. The molecule has 0 saturated heterocycles. The second-order valence-corrected chi connectivity index (χ2v) is 18.6. The number of rotatable bonds is 2. The standard InChI is InChI=1S/C8H9PS2.Zr/c1-2-7-5-3-4-6-8(7)9(10)11;/h3-6H,2H2,1H3;/q;-1/p+1. The van der Waals surface area contributed by atoms with Crippen molar-refractivity contribution >= 4 is 31.9 Å². The molecule has 0 saturated carbocycles. The van der Waals surface area contributed by atoms with Crippen molar-refractivity contribution in [1.29, 1.82) is 0 Å². The van der Waals surface area contributed by atoms with Crippen LogP contribution >= 0.6 is 14.8 Å². The summed E-state index contributed by atoms with van der Waals surface area (Å²) in [5, 5.41) is 1.31. The van der Waals surface area contributed by atoms with Crippen molar-refractivity contribution in [2.24, 2.45) is 0 Å². The molecule has 0 aromatic heterocycles. The molecule has 0 aliphatic rings. The molecule has 0 aliphatic carbocycles. The van der Waals surface area contributed by atoms with Crippen LogP contribution in [0.3, 0.4) is 0 Å². The zero-order valence-corrected chi connectivity index (χ0v) is 11.9. The van der Waals surface area contributed by atoms with E-state index in [0.717, 1.165) is 6.42 Å². The van der Waals surface area contributed by atoms with Gasteiger partial charge in [-0.05, 0) is 0 Å². The molecule has 0 bridgehead atoms. The summed E-state index contributed by atoms with van der Waals surface area (Å²) in [6, 6.07) is 8.39. The van der Waals surface area contributed by atoms with Gasteiger partial charge in [0, 0.05) is 0 Å². The van der Waals surface area contributed by atoms with Gasteiger partial charge in [0.1, 0.15) is 0 Å². The Kier molecular flexibility index (Phi) is 4.24. The van der Waals surface area contributed by atoms with Crippen LogP contribution in [0.2, 0.25) is 0 Å². The normalized spacial score (nSPS) is 15.4. The zero-order valence-electron chi connectivity index (χ0n) is 6.82. The van der Waals surface area contributed by atoms with Crippen molar-refractivity contribution in [3.05, 3.63) is 29.8 Å². The molecule has 0 N–H and O–H groups in total. The Morgan fingerprint density at radius 2 is 2.08 bits per heavy atom. The van der Waals surface area contributed by atoms with Gasteiger partial charge in [-0.2, -0.15) is 0 Å². The summed E-state index contributed by atoms with van der Waals surface area (Å²) < 4.78 is -1.45. The van der Waals surface area contributed by atoms with Gasteiger partial charge < -0.3 is 0 Å². The first-order valence-corrected chi connectivity index (χ1v) is 11.0. The van der Waals surface area contributed by atoms with Gasteiger partial charge in [0.05, 0.1) is 0 Å². The fraction of sp³-hybridized carbons (Fsp3) is 0.250. The van der Waals surface area contributed by atoms with Crippen LogP contribution in [-0.4, -0.2) is 0 Å². The number of hydrogen-bond donors (Lipinski definition) is 1. The van der Waals surface area contributed by atoms with Crippen molar-refractivity contribution in [1.82, 2.24) is 0 Å². The summed E-state index contributed by atoms with van der Waals surface area (Å²) in [5.41, 5.74) is 1.37. The SMILES string of the molecule is CCc1ccccc1[P](=S)(S)[Zr]. The predicted octanol–water partition coefficient (Wildman–Crippen LogP) is 2.66. The average molecular weight is 292 g/mol. The average Bonchev–Trinajstić information content (AvgIpc) is 2.03. The fourth-order valence-electron chi connectivity index (χ4n) is 1.11. The molecule has 63 valence electrons. The summed E-state index contributed by atoms with van der Waals surface area (Å²) in [5.74, 6) is 0. The third-order valence-corrected chi connectivity index (χ3v) is 5.80. The van der Waals surface area contributed by atoms with Crippen molar-refractivity contribution in [3.8, 4) is 0 Å². The molecular formula is C8H10PS2Zr. The molecule has 4 heteroatoms. The van der Waals surface area contributed by atoms with Crippen molar-refractivity contribution in [3.63, 3.8) is 0 Å². The molecule has 0 fully saturated rings. The third-order valence-electron chi connectivity index (χ3n) is 1.70. The molecule has 0 amide bonds. The fourth-order valence-corrected chi connectivity index (χ4v) is 4.74. The molecule has 1 aromatic carbocycles. The van der Waals surface area contributed by atoms with Gasteiger partial charge in [0.15, 0.2) is 0 Å². The van der Waals surface area contributed by atoms with E-state index in [4.69, 9.17) is 11.8 Å². The van der Waals surface area contributed by atoms with E-state index in [-0.39, 0.29) is 0 Å². The first kappa shape index (κ1) is 11.2. The third kappa shape index (κ3) is 2.80. The zero-order chi connectivity index (χ0) is 9.19. The van der Waals surface area contributed by atoms with Crippen LogP contribution in [0.15, 0.2) is 24.3 Å². The Bertz CT molecular complexity index is 319. The summed E-state index contributed by atoms with van der Waals surface area (Å²) in [6.45, 7) is 2.16. The molecule has 0 spiro atoms. The van der Waals surface area contributed by atoms with Gasteiger partial charge in [-0.3, -0.25) is 0 Å². The van der Waals surface area contributed by atoms with Gasteiger partial charge in [-0.25, -0.2) is 0 Å². The van der Waals surface area contributed by atoms with Gasteiger partial charge in [0.2, 0.25) is 0 Å². The van der Waals surface area contributed by atoms with Gasteiger partial charge >= 0.3 is 99.2 Å². The van der Waals surface area contributed by atoms with E-state index >= 15 is 0 Å². The van der Waals surface area contributed by atoms with Crippen LogP contribution in [0.1, 0.15) is 12.5 Å². The monoisotopic (exact) mass is 291 g/mol. The van der Waals surface area contributed by atoms with E-state index in [0.29, 0.717) is 0 Å². The summed E-state index contributed by atoms with van der Waals surface area (Å²) >= 11 is 11.3. The van der Waals surface area contributed by atoms with Crippen LogP contribution in [0.25, 0.3) is 0 Å². The van der Waals surface area contributed by atoms with Crippen LogP contribution in [-0.2, 0) is 42.4 Å². The molecule has 0 aliphatic heterocycles. The Hall–Kier alpha value is 1.10. The van der Waals surface area contributed by atoms with E-state index in [1.54, 1.807) is 0 Å². The Morgan fingerprint density at radius 1 is 1.50 bits per heavy atom. The van der Waals surface area contributed by atoms with Crippen LogP contribution in [0.5, 0.6) is 0 Å². The number of thiol groups is 1. The van der Waals surface area contributed by atoms with E-state index in [1.165, 1.54) is 35.0 Å². The second kappa shape index (κ2) is 4.55. The molecule has 1 unspecified atom stereocenters. The quantitative estimate of drug-likeness (QED) is 0.646. The van der Waals surface area contributed by atoms with E-state index in [9.17, 15) is 0 Å². The van der Waals surface area contributed by atoms with Gasteiger partial charge in [-0.1, -0.05) is 0 Å². The van der Waals surface area contributed by atoms with E-state index < -0.39 is 2.53 Å². The van der Waals surface area contributed by atoms with Crippen LogP contribution in [0, 0.1) is 0 Å². The summed E-state index contributed by atoms with van der Waals surface area (Å²) in [7, 11) is 0. The molecule has 1 aromatic rings. The maximum absolute atomic E-state index is 5.42. The van der Waals surface area contributed by atoms with Crippen molar-refractivity contribution in [2.45, 2.75) is 13.3 Å². The number of benzene rings is 1. The van der Waals surface area contributed by atoms with E-state index in [2.05, 4.69) is 43.4 Å². The first-order chi connectivity index (χ1) is 5.55. The topological polar surface area (TPSA) is 0 Å². The molecule has 0 nitrogen and oxygen atoms in total. The maximum atomic E-state index is 5.42. The summed E-state index contributed by atoms with van der Waals surface area (Å²) in [6.07, 6.45) is 1.06. The second-order valence-electron chi connectivity index (χ2n) is 2.56. The molecule has 0 radical (unpaired) electrons. The Balaban J connectivity index is 3.23. The van der Waals surface area contributed by atoms with Gasteiger partial charge in [-0.15, -0.1) is 0 Å². The molecule has 1 atom stereocenters. The van der Waals surface area contributed by atoms with E-state index in [1.807, 2.05) is 0 Å². The van der Waals surface area contributed by atoms with Crippen molar-refractivity contribution < 1.29 is 24.1 Å². The minimum absolute atomic E-state index is 1.06. The van der Waals surface area contributed by atoms with Crippen LogP contribution in [0.4, 0.5) is 0 Å². The predicted molar refractivity (Wildman–Crippen MR) is 58.7 cm³/mol. The van der Waals surface area contributed by atoms with Crippen molar-refractivity contribution in [2.75, 3.05) is 0 Å². The molecular weight excluding hydrogens is 282 g/mol. The minimum atomic E-state index is -1.45. The molecule has 0 heterocycles.